The summed E-state index contributed by atoms with van der Waals surface area (Å²) in [6, 6.07) is 0. The molecule has 0 saturated heterocycles. The first kappa shape index (κ1) is 11.1. The number of halogens is 3. The average molecular weight is 270 g/mol. The zero-order chi connectivity index (χ0) is 10.2. The Hall–Kier alpha value is -0.0000000000000000555. The maximum Gasteiger partial charge on any atom is 0.260 e. The zero-order valence-electron chi connectivity index (χ0n) is 7.27. The summed E-state index contributed by atoms with van der Waals surface area (Å²) in [6.07, 6.45) is -2.55. The molecule has 0 aliphatic carbocycles. The Kier molecular flexibility index (Phi) is 3.09. The number of hydrogen-bond donors (Lipinski definition) is 1. The van der Waals surface area contributed by atoms with Crippen LogP contribution in [0.5, 0.6) is 0 Å². The second-order valence-electron chi connectivity index (χ2n) is 3.15. The Morgan fingerprint density at radius 1 is 1.62 bits per heavy atom. The van der Waals surface area contributed by atoms with E-state index in [1.54, 1.807) is 0 Å². The number of alkyl halides is 2. The van der Waals surface area contributed by atoms with Crippen molar-refractivity contribution in [2.45, 2.75) is 25.8 Å². The smallest absolute Gasteiger partial charge is 0.260 e. The van der Waals surface area contributed by atoms with E-state index in [1.165, 1.54) is 18.3 Å². The fourth-order valence-electron chi connectivity index (χ4n) is 0.892. The van der Waals surface area contributed by atoms with Gasteiger partial charge in [-0.05, 0) is 40.7 Å². The van der Waals surface area contributed by atoms with E-state index >= 15 is 0 Å². The first-order valence-electron chi connectivity index (χ1n) is 3.68. The van der Waals surface area contributed by atoms with Crippen LogP contribution < -0.4 is 5.73 Å². The lowest BCUT2D eigenvalue weighted by Crippen LogP contribution is -2.40. The van der Waals surface area contributed by atoms with Crippen molar-refractivity contribution in [1.29, 1.82) is 0 Å². The number of hydrogen-bond acceptors (Lipinski definition) is 2. The van der Waals surface area contributed by atoms with Crippen molar-refractivity contribution in [3.63, 3.8) is 0 Å². The highest BCUT2D eigenvalue weighted by atomic mass is 79.9. The molecule has 0 radical (unpaired) electrons. The molecule has 0 bridgehead atoms. The summed E-state index contributed by atoms with van der Waals surface area (Å²) in [6.45, 7) is 3.19. The van der Waals surface area contributed by atoms with Gasteiger partial charge in [0.2, 0.25) is 0 Å². The predicted molar refractivity (Wildman–Crippen MR) is 54.3 cm³/mol. The number of nitrogens with two attached hydrogens (primary N) is 1. The standard InChI is InChI=1S/C8H10BrF2NS/c1-4-3-13-6(5(4)9)8(2,12)7(10)11/h3,7H,12H2,1-2H3. The molecule has 0 aliphatic rings. The molecule has 0 fully saturated rings. The largest absolute Gasteiger partial charge is 0.316 e. The van der Waals surface area contributed by atoms with Gasteiger partial charge in [0.05, 0.1) is 0 Å². The fraction of sp³-hybridized carbons (Fsp3) is 0.500. The van der Waals surface area contributed by atoms with E-state index in [4.69, 9.17) is 5.73 Å². The lowest BCUT2D eigenvalue weighted by molar-refractivity contribution is 0.0641. The van der Waals surface area contributed by atoms with Crippen LogP contribution in [0.2, 0.25) is 0 Å². The lowest BCUT2D eigenvalue weighted by Gasteiger charge is -2.22. The van der Waals surface area contributed by atoms with E-state index in [9.17, 15) is 8.78 Å². The molecule has 2 N–H and O–H groups in total. The highest BCUT2D eigenvalue weighted by Crippen LogP contribution is 2.37. The van der Waals surface area contributed by atoms with Crippen molar-refractivity contribution in [2.75, 3.05) is 0 Å². The van der Waals surface area contributed by atoms with Crippen LogP contribution in [0.25, 0.3) is 0 Å². The SMILES string of the molecule is Cc1csc(C(C)(N)C(F)F)c1Br. The summed E-state index contributed by atoms with van der Waals surface area (Å²) >= 11 is 4.51. The molecule has 74 valence electrons. The first-order chi connectivity index (χ1) is 5.87. The van der Waals surface area contributed by atoms with Gasteiger partial charge < -0.3 is 5.73 Å². The Labute approximate surface area is 88.1 Å². The van der Waals surface area contributed by atoms with E-state index in [-0.39, 0.29) is 0 Å². The summed E-state index contributed by atoms with van der Waals surface area (Å²) in [5.74, 6) is 0. The van der Waals surface area contributed by atoms with Crippen LogP contribution >= 0.6 is 27.3 Å². The zero-order valence-corrected chi connectivity index (χ0v) is 9.68. The van der Waals surface area contributed by atoms with Gasteiger partial charge >= 0.3 is 0 Å². The molecule has 1 unspecified atom stereocenters. The topological polar surface area (TPSA) is 26.0 Å². The summed E-state index contributed by atoms with van der Waals surface area (Å²) in [5.41, 5.74) is 4.91. The van der Waals surface area contributed by atoms with E-state index in [0.29, 0.717) is 9.35 Å². The van der Waals surface area contributed by atoms with Gasteiger partial charge in [0.25, 0.3) is 6.43 Å². The molecule has 1 aromatic heterocycles. The number of thiophene rings is 1. The molecule has 0 amide bonds. The van der Waals surface area contributed by atoms with Crippen LogP contribution in [-0.4, -0.2) is 6.43 Å². The third-order valence-corrected chi connectivity index (χ3v) is 4.48. The van der Waals surface area contributed by atoms with Gasteiger partial charge in [0, 0.05) is 9.35 Å². The van der Waals surface area contributed by atoms with Crippen molar-refractivity contribution in [2.24, 2.45) is 5.73 Å². The summed E-state index contributed by atoms with van der Waals surface area (Å²) in [5, 5.41) is 1.81. The van der Waals surface area contributed by atoms with Gasteiger partial charge in [-0.2, -0.15) is 0 Å². The van der Waals surface area contributed by atoms with Gasteiger partial charge in [-0.1, -0.05) is 0 Å². The predicted octanol–water partition coefficient (Wildman–Crippen LogP) is 3.26. The average Bonchev–Trinajstić information content (AvgIpc) is 2.33. The Morgan fingerprint density at radius 3 is 2.46 bits per heavy atom. The van der Waals surface area contributed by atoms with E-state index in [2.05, 4.69) is 15.9 Å². The van der Waals surface area contributed by atoms with E-state index in [1.807, 2.05) is 12.3 Å². The highest BCUT2D eigenvalue weighted by Gasteiger charge is 2.35. The van der Waals surface area contributed by atoms with Crippen LogP contribution in [0.1, 0.15) is 17.4 Å². The van der Waals surface area contributed by atoms with Gasteiger partial charge in [-0.25, -0.2) is 8.78 Å². The maximum absolute atomic E-state index is 12.5. The Balaban J connectivity index is 3.14. The molecule has 1 rings (SSSR count). The van der Waals surface area contributed by atoms with Crippen molar-refractivity contribution in [1.82, 2.24) is 0 Å². The van der Waals surface area contributed by atoms with Crippen molar-refractivity contribution < 1.29 is 8.78 Å². The van der Waals surface area contributed by atoms with Crippen LogP contribution in [0.15, 0.2) is 9.85 Å². The lowest BCUT2D eigenvalue weighted by atomic mass is 10.0. The van der Waals surface area contributed by atoms with Crippen LogP contribution in [0.4, 0.5) is 8.78 Å². The molecule has 13 heavy (non-hydrogen) atoms. The third kappa shape index (κ3) is 1.92. The van der Waals surface area contributed by atoms with E-state index < -0.39 is 12.0 Å². The first-order valence-corrected chi connectivity index (χ1v) is 5.35. The minimum absolute atomic E-state index is 0.500. The van der Waals surface area contributed by atoms with Gasteiger partial charge in [-0.3, -0.25) is 0 Å². The molecule has 1 heterocycles. The van der Waals surface area contributed by atoms with Crippen LogP contribution in [-0.2, 0) is 5.54 Å². The van der Waals surface area contributed by atoms with Crippen molar-refractivity contribution in [3.8, 4) is 0 Å². The number of aryl methyl sites for hydroxylation is 1. The second-order valence-corrected chi connectivity index (χ2v) is 4.82. The molecular formula is C8H10BrF2NS. The van der Waals surface area contributed by atoms with Crippen LogP contribution in [0, 0.1) is 6.92 Å². The minimum atomic E-state index is -2.55. The Bertz CT molecular complexity index is 309. The normalized spacial score (nSPS) is 16.2. The van der Waals surface area contributed by atoms with Crippen molar-refractivity contribution in [3.05, 3.63) is 20.3 Å². The number of rotatable bonds is 2. The third-order valence-electron chi connectivity index (χ3n) is 1.84. The highest BCUT2D eigenvalue weighted by molar-refractivity contribution is 9.10. The fourth-order valence-corrected chi connectivity index (χ4v) is 2.89. The quantitative estimate of drug-likeness (QED) is 0.877. The molecule has 0 aromatic carbocycles. The van der Waals surface area contributed by atoms with Gasteiger partial charge in [0.1, 0.15) is 5.54 Å². The van der Waals surface area contributed by atoms with Gasteiger partial charge in [-0.15, -0.1) is 11.3 Å². The molecular weight excluding hydrogens is 260 g/mol. The molecule has 1 atom stereocenters. The monoisotopic (exact) mass is 269 g/mol. The minimum Gasteiger partial charge on any atom is -0.316 e. The molecule has 1 nitrogen and oxygen atoms in total. The molecule has 5 heteroatoms. The molecule has 0 aliphatic heterocycles. The second kappa shape index (κ2) is 3.63. The summed E-state index contributed by atoms with van der Waals surface area (Å²) in [4.78, 5) is 0.500. The Morgan fingerprint density at radius 2 is 2.15 bits per heavy atom. The molecule has 0 spiro atoms. The molecule has 0 saturated carbocycles. The summed E-state index contributed by atoms with van der Waals surface area (Å²) in [7, 11) is 0. The summed E-state index contributed by atoms with van der Waals surface area (Å²) < 4.78 is 25.8. The maximum atomic E-state index is 12.5. The molecule has 1 aromatic rings. The van der Waals surface area contributed by atoms with Crippen LogP contribution in [0.3, 0.4) is 0 Å². The van der Waals surface area contributed by atoms with E-state index in [0.717, 1.165) is 5.56 Å². The van der Waals surface area contributed by atoms with Crippen molar-refractivity contribution >= 4 is 27.3 Å². The van der Waals surface area contributed by atoms with Gasteiger partial charge in [0.15, 0.2) is 0 Å².